The van der Waals surface area contributed by atoms with Crippen LogP contribution in [0.15, 0.2) is 18.3 Å². The minimum absolute atomic E-state index is 0.0180. The first-order valence-electron chi connectivity index (χ1n) is 3.46. The Bertz CT molecular complexity index is 480. The number of nitrogens with zero attached hydrogens (tertiary/aromatic N) is 1. The van der Waals surface area contributed by atoms with Gasteiger partial charge in [0, 0.05) is 0 Å². The molecule has 0 saturated carbocycles. The van der Waals surface area contributed by atoms with Crippen LogP contribution < -0.4 is 0 Å². The van der Waals surface area contributed by atoms with Gasteiger partial charge in [-0.1, -0.05) is 0 Å². The molecule has 2 aromatic rings. The van der Waals surface area contributed by atoms with Crippen LogP contribution in [0.25, 0.3) is 9.65 Å². The monoisotopic (exact) mass is 261 g/mol. The van der Waals surface area contributed by atoms with Crippen LogP contribution in [0, 0.1) is 0 Å². The number of carboxylic acids is 1. The molecule has 0 aliphatic rings. The predicted octanol–water partition coefficient (Wildman–Crippen LogP) is 1.64. The third-order valence-corrected chi connectivity index (χ3v) is 3.62. The van der Waals surface area contributed by atoms with Gasteiger partial charge in [-0.15, -0.1) is 0 Å². The fourth-order valence-corrected chi connectivity index (χ4v) is 2.75. The number of hydrogen-bond donors (Lipinski definition) is 1. The summed E-state index contributed by atoms with van der Waals surface area (Å²) in [4.78, 5) is 10.8. The quantitative estimate of drug-likeness (QED) is 0.793. The standard InChI is InChI=1S/C8H4ClNO2Se/c9-5-1-2-6-4(3-10-13-6)7(5)8(11)12/h1-3H,(H,11,12). The van der Waals surface area contributed by atoms with Crippen molar-refractivity contribution in [1.82, 2.24) is 3.98 Å². The molecule has 2 rings (SSSR count). The van der Waals surface area contributed by atoms with Gasteiger partial charge in [-0.2, -0.15) is 0 Å². The van der Waals surface area contributed by atoms with Crippen LogP contribution in [-0.4, -0.2) is 29.8 Å². The van der Waals surface area contributed by atoms with Gasteiger partial charge in [-0.3, -0.25) is 0 Å². The van der Waals surface area contributed by atoms with E-state index < -0.39 is 5.97 Å². The van der Waals surface area contributed by atoms with Crippen LogP contribution in [0.4, 0.5) is 0 Å². The van der Waals surface area contributed by atoms with Crippen molar-refractivity contribution in [3.05, 3.63) is 28.9 Å². The summed E-state index contributed by atoms with van der Waals surface area (Å²) in [7, 11) is 0. The molecular weight excluding hydrogens is 257 g/mol. The van der Waals surface area contributed by atoms with E-state index in [1.54, 1.807) is 12.3 Å². The number of rotatable bonds is 1. The predicted molar refractivity (Wildman–Crippen MR) is 50.7 cm³/mol. The Kier molecular flexibility index (Phi) is 2.12. The molecule has 0 atom stereocenters. The van der Waals surface area contributed by atoms with Crippen LogP contribution in [0.2, 0.25) is 5.02 Å². The molecular formula is C8H4ClNO2Se. The van der Waals surface area contributed by atoms with Gasteiger partial charge in [0.1, 0.15) is 0 Å². The molecule has 3 nitrogen and oxygen atoms in total. The van der Waals surface area contributed by atoms with E-state index in [-0.39, 0.29) is 25.3 Å². The minimum atomic E-state index is -0.994. The number of benzene rings is 1. The summed E-state index contributed by atoms with van der Waals surface area (Å²) in [6.07, 6.45) is 1.59. The first-order valence-corrected chi connectivity index (χ1v) is 5.46. The molecule has 1 aromatic carbocycles. The molecule has 1 aromatic heterocycles. The topological polar surface area (TPSA) is 50.2 Å². The maximum atomic E-state index is 10.8. The van der Waals surface area contributed by atoms with Crippen molar-refractivity contribution < 1.29 is 9.90 Å². The van der Waals surface area contributed by atoms with Crippen molar-refractivity contribution in [2.75, 3.05) is 0 Å². The molecule has 66 valence electrons. The van der Waals surface area contributed by atoms with Gasteiger partial charge >= 0.3 is 84.7 Å². The third kappa shape index (κ3) is 1.37. The van der Waals surface area contributed by atoms with E-state index in [0.717, 1.165) is 4.26 Å². The number of hydrogen-bond acceptors (Lipinski definition) is 2. The summed E-state index contributed by atoms with van der Waals surface area (Å²) in [6.45, 7) is 0. The first-order chi connectivity index (χ1) is 6.20. The van der Waals surface area contributed by atoms with E-state index in [1.807, 2.05) is 6.07 Å². The van der Waals surface area contributed by atoms with E-state index >= 15 is 0 Å². The summed E-state index contributed by atoms with van der Waals surface area (Å²) in [5, 5.41) is 9.83. The Morgan fingerprint density at radius 1 is 1.54 bits per heavy atom. The Labute approximate surface area is 84.9 Å². The molecule has 0 fully saturated rings. The summed E-state index contributed by atoms with van der Waals surface area (Å²) in [5.41, 5.74) is 0.169. The zero-order chi connectivity index (χ0) is 9.42. The second-order valence-corrected chi connectivity index (χ2v) is 4.62. The molecule has 0 aliphatic heterocycles. The molecule has 0 aliphatic carbocycles. The molecule has 13 heavy (non-hydrogen) atoms. The molecule has 0 amide bonds. The van der Waals surface area contributed by atoms with Crippen molar-refractivity contribution in [2.45, 2.75) is 0 Å². The van der Waals surface area contributed by atoms with Crippen LogP contribution in [-0.2, 0) is 0 Å². The van der Waals surface area contributed by atoms with E-state index in [2.05, 4.69) is 3.98 Å². The molecule has 0 radical (unpaired) electrons. The fourth-order valence-electron chi connectivity index (χ4n) is 1.13. The molecule has 5 heteroatoms. The molecule has 0 saturated heterocycles. The van der Waals surface area contributed by atoms with Gasteiger partial charge in [0.25, 0.3) is 0 Å². The average molecular weight is 261 g/mol. The number of aromatic carboxylic acids is 1. The van der Waals surface area contributed by atoms with Gasteiger partial charge in [0.15, 0.2) is 0 Å². The SMILES string of the molecule is O=C(O)c1c(Cl)ccc2[se]ncc12. The van der Waals surface area contributed by atoms with Gasteiger partial charge in [-0.25, -0.2) is 0 Å². The number of fused-ring (bicyclic) bond motifs is 1. The zero-order valence-electron chi connectivity index (χ0n) is 6.32. The van der Waals surface area contributed by atoms with Gasteiger partial charge < -0.3 is 0 Å². The van der Waals surface area contributed by atoms with E-state index in [4.69, 9.17) is 16.7 Å². The van der Waals surface area contributed by atoms with Crippen LogP contribution in [0.5, 0.6) is 0 Å². The number of carbonyl (C=O) groups is 1. The van der Waals surface area contributed by atoms with E-state index in [1.165, 1.54) is 0 Å². The van der Waals surface area contributed by atoms with Crippen molar-refractivity contribution in [3.8, 4) is 0 Å². The Morgan fingerprint density at radius 2 is 2.31 bits per heavy atom. The van der Waals surface area contributed by atoms with Crippen molar-refractivity contribution in [3.63, 3.8) is 0 Å². The Morgan fingerprint density at radius 3 is 3.00 bits per heavy atom. The summed E-state index contributed by atoms with van der Waals surface area (Å²) >= 11 is 5.79. The molecule has 1 heterocycles. The Hall–Kier alpha value is -0.831. The van der Waals surface area contributed by atoms with E-state index in [9.17, 15) is 4.79 Å². The normalized spacial score (nSPS) is 10.5. The van der Waals surface area contributed by atoms with Gasteiger partial charge in [0.05, 0.1) is 0 Å². The third-order valence-electron chi connectivity index (χ3n) is 1.70. The first kappa shape index (κ1) is 8.75. The second-order valence-electron chi connectivity index (χ2n) is 2.47. The molecule has 0 bridgehead atoms. The van der Waals surface area contributed by atoms with Crippen LogP contribution >= 0.6 is 11.6 Å². The molecule has 1 N–H and O–H groups in total. The van der Waals surface area contributed by atoms with E-state index in [0.29, 0.717) is 5.39 Å². The van der Waals surface area contributed by atoms with Crippen molar-refractivity contribution in [2.24, 2.45) is 0 Å². The number of halogens is 1. The van der Waals surface area contributed by atoms with Gasteiger partial charge in [0.2, 0.25) is 0 Å². The van der Waals surface area contributed by atoms with Crippen molar-refractivity contribution in [1.29, 1.82) is 0 Å². The number of aromatic nitrogens is 1. The summed E-state index contributed by atoms with van der Waals surface area (Å²) in [5.74, 6) is -0.994. The maximum absolute atomic E-state index is 10.8. The zero-order valence-corrected chi connectivity index (χ0v) is 8.79. The summed E-state index contributed by atoms with van der Waals surface area (Å²) < 4.78 is 5.03. The number of carboxylic acid groups (broad SMARTS) is 1. The fraction of sp³-hybridized carbons (Fsp3) is 0. The van der Waals surface area contributed by atoms with Crippen molar-refractivity contribution >= 4 is 41.9 Å². The summed E-state index contributed by atoms with van der Waals surface area (Å²) in [6, 6.07) is 3.44. The molecule has 0 spiro atoms. The van der Waals surface area contributed by atoms with Crippen LogP contribution in [0.1, 0.15) is 10.4 Å². The van der Waals surface area contributed by atoms with Crippen LogP contribution in [0.3, 0.4) is 0 Å². The average Bonchev–Trinajstić information content (AvgIpc) is 2.50. The second kappa shape index (κ2) is 3.14. The Balaban J connectivity index is 2.88. The van der Waals surface area contributed by atoms with Gasteiger partial charge in [-0.05, 0) is 0 Å². The molecule has 0 unspecified atom stereocenters.